The molecule has 0 aliphatic heterocycles. The van der Waals surface area contributed by atoms with Crippen molar-refractivity contribution in [3.63, 3.8) is 0 Å². The number of hydrogen-bond acceptors (Lipinski definition) is 2. The quantitative estimate of drug-likeness (QED) is 0.771. The van der Waals surface area contributed by atoms with Crippen molar-refractivity contribution in [3.8, 4) is 0 Å². The summed E-state index contributed by atoms with van der Waals surface area (Å²) in [5.74, 6) is -0.0567. The van der Waals surface area contributed by atoms with Crippen LogP contribution in [0.1, 0.15) is 43.9 Å². The standard InChI is InChI=1S/C23H30N2O2/c1-18-10-8-9-13-21(18)16-23(3,4)24-22(27)14-15-25(19(2)26)17-20-11-6-5-7-12-20/h5-13H,14-17H2,1-4H3,(H,24,27). The third-order valence-corrected chi connectivity index (χ3v) is 4.64. The van der Waals surface area contributed by atoms with Gasteiger partial charge in [-0.15, -0.1) is 0 Å². The highest BCUT2D eigenvalue weighted by Gasteiger charge is 2.22. The van der Waals surface area contributed by atoms with Crippen molar-refractivity contribution in [3.05, 3.63) is 71.3 Å². The zero-order valence-electron chi connectivity index (χ0n) is 16.8. The minimum absolute atomic E-state index is 0.0224. The maximum Gasteiger partial charge on any atom is 0.222 e. The lowest BCUT2D eigenvalue weighted by molar-refractivity contribution is -0.130. The molecule has 0 spiro atoms. The molecule has 0 bridgehead atoms. The maximum absolute atomic E-state index is 12.5. The molecule has 1 N–H and O–H groups in total. The molecule has 27 heavy (non-hydrogen) atoms. The summed E-state index contributed by atoms with van der Waals surface area (Å²) in [6.07, 6.45) is 1.06. The Morgan fingerprint density at radius 3 is 2.26 bits per heavy atom. The number of aryl methyl sites for hydroxylation is 1. The zero-order chi connectivity index (χ0) is 19.9. The molecular formula is C23H30N2O2. The van der Waals surface area contributed by atoms with Gasteiger partial charge in [0.15, 0.2) is 0 Å². The van der Waals surface area contributed by atoms with Gasteiger partial charge in [-0.3, -0.25) is 9.59 Å². The fraction of sp³-hybridized carbons (Fsp3) is 0.391. The van der Waals surface area contributed by atoms with E-state index in [0.717, 1.165) is 12.0 Å². The first-order chi connectivity index (χ1) is 12.8. The Hall–Kier alpha value is -2.62. The van der Waals surface area contributed by atoms with Gasteiger partial charge in [-0.25, -0.2) is 0 Å². The molecule has 0 fully saturated rings. The summed E-state index contributed by atoms with van der Waals surface area (Å²) in [5, 5.41) is 3.11. The summed E-state index contributed by atoms with van der Waals surface area (Å²) in [5.41, 5.74) is 3.18. The fourth-order valence-electron chi connectivity index (χ4n) is 3.16. The lowest BCUT2D eigenvalue weighted by atomic mass is 9.92. The van der Waals surface area contributed by atoms with Gasteiger partial charge in [0.2, 0.25) is 11.8 Å². The smallest absolute Gasteiger partial charge is 0.222 e. The van der Waals surface area contributed by atoms with Gasteiger partial charge in [0.1, 0.15) is 0 Å². The molecule has 0 unspecified atom stereocenters. The number of nitrogens with zero attached hydrogens (tertiary/aromatic N) is 1. The van der Waals surface area contributed by atoms with E-state index in [4.69, 9.17) is 0 Å². The van der Waals surface area contributed by atoms with Crippen LogP contribution in [0.4, 0.5) is 0 Å². The summed E-state index contributed by atoms with van der Waals surface area (Å²) in [7, 11) is 0. The van der Waals surface area contributed by atoms with Crippen molar-refractivity contribution >= 4 is 11.8 Å². The molecule has 0 aliphatic rings. The molecule has 0 radical (unpaired) electrons. The summed E-state index contributed by atoms with van der Waals surface area (Å²) in [6, 6.07) is 18.1. The highest BCUT2D eigenvalue weighted by molar-refractivity contribution is 5.78. The average Bonchev–Trinajstić information content (AvgIpc) is 2.60. The topological polar surface area (TPSA) is 49.4 Å². The largest absolute Gasteiger partial charge is 0.351 e. The SMILES string of the molecule is CC(=O)N(CCC(=O)NC(C)(C)Cc1ccccc1C)Cc1ccccc1. The minimum atomic E-state index is -0.344. The van der Waals surface area contributed by atoms with E-state index in [9.17, 15) is 9.59 Å². The van der Waals surface area contributed by atoms with E-state index in [1.165, 1.54) is 11.1 Å². The Labute approximate surface area is 162 Å². The molecule has 0 aliphatic carbocycles. The molecule has 144 valence electrons. The first-order valence-electron chi connectivity index (χ1n) is 9.42. The van der Waals surface area contributed by atoms with E-state index in [2.05, 4.69) is 24.4 Å². The lowest BCUT2D eigenvalue weighted by Crippen LogP contribution is -2.46. The van der Waals surface area contributed by atoms with Gasteiger partial charge in [-0.05, 0) is 43.9 Å². The van der Waals surface area contributed by atoms with Crippen LogP contribution < -0.4 is 5.32 Å². The second kappa shape index (κ2) is 9.36. The van der Waals surface area contributed by atoms with Crippen molar-refractivity contribution in [1.29, 1.82) is 0 Å². The van der Waals surface area contributed by atoms with Crippen LogP contribution in [0.25, 0.3) is 0 Å². The van der Waals surface area contributed by atoms with Crippen molar-refractivity contribution < 1.29 is 9.59 Å². The Morgan fingerprint density at radius 1 is 1.00 bits per heavy atom. The highest BCUT2D eigenvalue weighted by Crippen LogP contribution is 2.16. The van der Waals surface area contributed by atoms with Crippen LogP contribution in [0.15, 0.2) is 54.6 Å². The van der Waals surface area contributed by atoms with E-state index in [1.54, 1.807) is 11.8 Å². The zero-order valence-corrected chi connectivity index (χ0v) is 16.8. The van der Waals surface area contributed by atoms with E-state index in [1.807, 2.05) is 56.3 Å². The first kappa shape index (κ1) is 20.7. The molecule has 0 saturated carbocycles. The van der Waals surface area contributed by atoms with Gasteiger partial charge < -0.3 is 10.2 Å². The summed E-state index contributed by atoms with van der Waals surface area (Å²) in [4.78, 5) is 26.1. The Morgan fingerprint density at radius 2 is 1.63 bits per heavy atom. The molecule has 0 saturated heterocycles. The number of amides is 2. The van der Waals surface area contributed by atoms with Crippen LogP contribution >= 0.6 is 0 Å². The molecule has 2 aromatic rings. The van der Waals surface area contributed by atoms with Crippen LogP contribution in [0, 0.1) is 6.92 Å². The van der Waals surface area contributed by atoms with E-state index >= 15 is 0 Å². The van der Waals surface area contributed by atoms with Crippen LogP contribution in [-0.2, 0) is 22.6 Å². The minimum Gasteiger partial charge on any atom is -0.351 e. The monoisotopic (exact) mass is 366 g/mol. The number of benzene rings is 2. The number of hydrogen-bond donors (Lipinski definition) is 1. The molecule has 0 atom stereocenters. The predicted octanol–water partition coefficient (Wildman–Crippen LogP) is 3.87. The third kappa shape index (κ3) is 6.89. The summed E-state index contributed by atoms with van der Waals surface area (Å²) in [6.45, 7) is 8.63. The van der Waals surface area contributed by atoms with Crippen molar-refractivity contribution in [2.24, 2.45) is 0 Å². The number of nitrogens with one attached hydrogen (secondary N) is 1. The fourth-order valence-corrected chi connectivity index (χ4v) is 3.16. The molecule has 2 amide bonds. The van der Waals surface area contributed by atoms with Crippen molar-refractivity contribution in [2.75, 3.05) is 6.54 Å². The Kier molecular flexibility index (Phi) is 7.17. The molecular weight excluding hydrogens is 336 g/mol. The van der Waals surface area contributed by atoms with Gasteiger partial charge in [0.25, 0.3) is 0 Å². The second-order valence-electron chi connectivity index (χ2n) is 7.71. The Balaban J connectivity index is 1.89. The van der Waals surface area contributed by atoms with E-state index in [-0.39, 0.29) is 17.4 Å². The van der Waals surface area contributed by atoms with E-state index in [0.29, 0.717) is 19.5 Å². The maximum atomic E-state index is 12.5. The molecule has 4 heteroatoms. The van der Waals surface area contributed by atoms with Crippen molar-refractivity contribution in [2.45, 2.75) is 52.6 Å². The van der Waals surface area contributed by atoms with Gasteiger partial charge in [0, 0.05) is 32.0 Å². The molecule has 2 rings (SSSR count). The van der Waals surface area contributed by atoms with Crippen LogP contribution in [0.2, 0.25) is 0 Å². The van der Waals surface area contributed by atoms with Gasteiger partial charge in [-0.2, -0.15) is 0 Å². The van der Waals surface area contributed by atoms with Crippen LogP contribution in [0.5, 0.6) is 0 Å². The van der Waals surface area contributed by atoms with Crippen LogP contribution in [0.3, 0.4) is 0 Å². The van der Waals surface area contributed by atoms with Gasteiger partial charge in [0.05, 0.1) is 0 Å². The highest BCUT2D eigenvalue weighted by atomic mass is 16.2. The number of rotatable bonds is 8. The summed E-state index contributed by atoms with van der Waals surface area (Å²) >= 11 is 0. The second-order valence-corrected chi connectivity index (χ2v) is 7.71. The molecule has 2 aromatic carbocycles. The average molecular weight is 367 g/mol. The van der Waals surface area contributed by atoms with E-state index < -0.39 is 0 Å². The van der Waals surface area contributed by atoms with Gasteiger partial charge >= 0.3 is 0 Å². The lowest BCUT2D eigenvalue weighted by Gasteiger charge is -2.28. The van der Waals surface area contributed by atoms with Crippen molar-refractivity contribution in [1.82, 2.24) is 10.2 Å². The predicted molar refractivity (Wildman–Crippen MR) is 109 cm³/mol. The molecule has 4 nitrogen and oxygen atoms in total. The number of carbonyl (C=O) groups is 2. The van der Waals surface area contributed by atoms with Crippen LogP contribution in [-0.4, -0.2) is 28.8 Å². The number of carbonyl (C=O) groups excluding carboxylic acids is 2. The third-order valence-electron chi connectivity index (χ3n) is 4.64. The molecule has 0 heterocycles. The summed E-state index contributed by atoms with van der Waals surface area (Å²) < 4.78 is 0. The Bertz CT molecular complexity index is 769. The van der Waals surface area contributed by atoms with Gasteiger partial charge in [-0.1, -0.05) is 54.6 Å². The first-order valence-corrected chi connectivity index (χ1v) is 9.42. The molecule has 0 aromatic heterocycles. The normalized spacial score (nSPS) is 11.1.